The molecule has 2 saturated heterocycles. The Morgan fingerprint density at radius 2 is 2.00 bits per heavy atom. The molecule has 1 unspecified atom stereocenters. The van der Waals surface area contributed by atoms with Crippen LogP contribution in [0.2, 0.25) is 0 Å². The summed E-state index contributed by atoms with van der Waals surface area (Å²) in [7, 11) is 0. The molecule has 2 aromatic heterocycles. The molecule has 1 spiro atoms. The number of β-amino-alcohol motifs (C(OH)–C–C–N with tert-alkyl or cyclic N) is 1. The number of carbonyl (C=O) groups excluding carboxylic acids is 2. The summed E-state index contributed by atoms with van der Waals surface area (Å²) in [5.41, 5.74) is 1.21. The van der Waals surface area contributed by atoms with Crippen LogP contribution in [0.1, 0.15) is 45.7 Å². The molecule has 0 saturated carbocycles. The van der Waals surface area contributed by atoms with E-state index in [9.17, 15) is 14.7 Å². The Bertz CT molecular complexity index is 856. The highest BCUT2D eigenvalue weighted by Crippen LogP contribution is 2.40. The Labute approximate surface area is 164 Å². The second-order valence-electron chi connectivity index (χ2n) is 8.01. The largest absolute Gasteiger partial charge is 0.459 e. The van der Waals surface area contributed by atoms with E-state index in [-0.39, 0.29) is 17.2 Å². The van der Waals surface area contributed by atoms with Gasteiger partial charge >= 0.3 is 0 Å². The fourth-order valence-electron chi connectivity index (χ4n) is 4.46. The van der Waals surface area contributed by atoms with Gasteiger partial charge in [-0.05, 0) is 49.8 Å². The van der Waals surface area contributed by atoms with Crippen LogP contribution in [0.15, 0.2) is 41.3 Å². The Hall–Kier alpha value is -2.67. The first-order valence-electron chi connectivity index (χ1n) is 9.68. The van der Waals surface area contributed by atoms with Gasteiger partial charge in [0, 0.05) is 44.1 Å². The van der Waals surface area contributed by atoms with Crippen molar-refractivity contribution in [1.82, 2.24) is 14.8 Å². The van der Waals surface area contributed by atoms with Crippen LogP contribution >= 0.6 is 0 Å². The molecule has 0 bridgehead atoms. The summed E-state index contributed by atoms with van der Waals surface area (Å²) < 4.78 is 5.34. The van der Waals surface area contributed by atoms with Crippen molar-refractivity contribution >= 4 is 11.8 Å². The number of hydrogen-bond acceptors (Lipinski definition) is 5. The van der Waals surface area contributed by atoms with Gasteiger partial charge < -0.3 is 19.3 Å². The maximum absolute atomic E-state index is 12.8. The summed E-state index contributed by atoms with van der Waals surface area (Å²) in [6.45, 7) is 3.99. The van der Waals surface area contributed by atoms with E-state index in [2.05, 4.69) is 4.98 Å². The monoisotopic (exact) mass is 383 g/mol. The average molecular weight is 383 g/mol. The minimum atomic E-state index is -0.552. The molecule has 2 aromatic rings. The van der Waals surface area contributed by atoms with Crippen LogP contribution in [-0.2, 0) is 0 Å². The standard InChI is InChI=1S/C21H25N3O4/c1-15-4-10-28-18(15)20(27)23-8-5-21(6-9-23)11-17(25)13-24(14-21)19(26)16-3-2-7-22-12-16/h2-4,7,10,12,17,25H,5-6,8-9,11,13-14H2,1H3. The van der Waals surface area contributed by atoms with Crippen molar-refractivity contribution in [2.45, 2.75) is 32.3 Å². The topological polar surface area (TPSA) is 86.9 Å². The van der Waals surface area contributed by atoms with Gasteiger partial charge in [-0.1, -0.05) is 0 Å². The molecule has 2 fully saturated rings. The molecule has 2 amide bonds. The SMILES string of the molecule is Cc1ccoc1C(=O)N1CCC2(CC1)CC(O)CN(C(=O)c1cccnc1)C2. The lowest BCUT2D eigenvalue weighted by molar-refractivity contribution is -0.0302. The third-order valence-electron chi connectivity index (χ3n) is 5.99. The van der Waals surface area contributed by atoms with Crippen molar-refractivity contribution in [1.29, 1.82) is 0 Å². The van der Waals surface area contributed by atoms with Gasteiger partial charge in [0.2, 0.25) is 0 Å². The van der Waals surface area contributed by atoms with Gasteiger partial charge in [-0.15, -0.1) is 0 Å². The molecular weight excluding hydrogens is 358 g/mol. The Balaban J connectivity index is 1.44. The zero-order chi connectivity index (χ0) is 19.7. The lowest BCUT2D eigenvalue weighted by atomic mass is 9.71. The van der Waals surface area contributed by atoms with Crippen molar-refractivity contribution in [2.24, 2.45) is 5.41 Å². The predicted molar refractivity (Wildman–Crippen MR) is 102 cm³/mol. The van der Waals surface area contributed by atoms with Crippen LogP contribution in [0.25, 0.3) is 0 Å². The maximum atomic E-state index is 12.8. The molecule has 2 aliphatic rings. The first-order chi connectivity index (χ1) is 13.5. The van der Waals surface area contributed by atoms with Gasteiger partial charge in [-0.2, -0.15) is 0 Å². The Kier molecular flexibility index (Phi) is 4.93. The fraction of sp³-hybridized carbons (Fsp3) is 0.476. The number of aliphatic hydroxyl groups is 1. The van der Waals surface area contributed by atoms with Gasteiger partial charge in [0.15, 0.2) is 5.76 Å². The zero-order valence-electron chi connectivity index (χ0n) is 16.0. The molecule has 1 N–H and O–H groups in total. The highest BCUT2D eigenvalue weighted by molar-refractivity contribution is 5.94. The van der Waals surface area contributed by atoms with E-state index in [1.54, 1.807) is 35.5 Å². The lowest BCUT2D eigenvalue weighted by Crippen LogP contribution is -2.55. The summed E-state index contributed by atoms with van der Waals surface area (Å²) in [5, 5.41) is 10.4. The first-order valence-corrected chi connectivity index (χ1v) is 9.68. The van der Waals surface area contributed by atoms with E-state index in [4.69, 9.17) is 4.42 Å². The van der Waals surface area contributed by atoms with Crippen LogP contribution < -0.4 is 0 Å². The van der Waals surface area contributed by atoms with E-state index < -0.39 is 6.10 Å². The summed E-state index contributed by atoms with van der Waals surface area (Å²) >= 11 is 0. The number of aromatic nitrogens is 1. The van der Waals surface area contributed by atoms with E-state index in [0.29, 0.717) is 43.9 Å². The van der Waals surface area contributed by atoms with Gasteiger partial charge in [-0.3, -0.25) is 14.6 Å². The minimum Gasteiger partial charge on any atom is -0.459 e. The van der Waals surface area contributed by atoms with Crippen molar-refractivity contribution < 1.29 is 19.1 Å². The third-order valence-corrected chi connectivity index (χ3v) is 5.99. The Morgan fingerprint density at radius 3 is 2.64 bits per heavy atom. The number of carbonyl (C=O) groups is 2. The molecule has 2 aliphatic heterocycles. The van der Waals surface area contributed by atoms with Crippen molar-refractivity contribution in [3.05, 3.63) is 53.7 Å². The molecule has 7 nitrogen and oxygen atoms in total. The number of aliphatic hydroxyl groups excluding tert-OH is 1. The molecule has 4 heterocycles. The summed E-state index contributed by atoms with van der Waals surface area (Å²) in [5.74, 6) is 0.209. The van der Waals surface area contributed by atoms with Crippen LogP contribution in [0.4, 0.5) is 0 Å². The number of pyridine rings is 1. The maximum Gasteiger partial charge on any atom is 0.289 e. The Morgan fingerprint density at radius 1 is 1.21 bits per heavy atom. The first kappa shape index (κ1) is 18.7. The van der Waals surface area contributed by atoms with Crippen LogP contribution in [0.5, 0.6) is 0 Å². The second kappa shape index (κ2) is 7.39. The van der Waals surface area contributed by atoms with Crippen molar-refractivity contribution in [3.63, 3.8) is 0 Å². The molecule has 0 aliphatic carbocycles. The number of hydrogen-bond donors (Lipinski definition) is 1. The normalized spacial score (nSPS) is 21.7. The second-order valence-corrected chi connectivity index (χ2v) is 8.01. The zero-order valence-corrected chi connectivity index (χ0v) is 16.0. The number of furan rings is 1. The molecule has 0 radical (unpaired) electrons. The number of nitrogens with zero attached hydrogens (tertiary/aromatic N) is 3. The minimum absolute atomic E-state index is 0.0861. The third kappa shape index (κ3) is 3.54. The van der Waals surface area contributed by atoms with E-state index >= 15 is 0 Å². The van der Waals surface area contributed by atoms with E-state index in [0.717, 1.165) is 18.4 Å². The summed E-state index contributed by atoms with van der Waals surface area (Å²) in [6.07, 6.45) is 6.35. The summed E-state index contributed by atoms with van der Waals surface area (Å²) in [4.78, 5) is 33.1. The van der Waals surface area contributed by atoms with Gasteiger partial charge in [0.05, 0.1) is 17.9 Å². The van der Waals surface area contributed by atoms with Gasteiger partial charge in [0.25, 0.3) is 11.8 Å². The molecule has 28 heavy (non-hydrogen) atoms. The van der Waals surface area contributed by atoms with Gasteiger partial charge in [-0.25, -0.2) is 0 Å². The van der Waals surface area contributed by atoms with Crippen molar-refractivity contribution in [2.75, 3.05) is 26.2 Å². The van der Waals surface area contributed by atoms with Crippen LogP contribution in [0.3, 0.4) is 0 Å². The lowest BCUT2D eigenvalue weighted by Gasteiger charge is -2.49. The molecule has 0 aromatic carbocycles. The quantitative estimate of drug-likeness (QED) is 0.858. The van der Waals surface area contributed by atoms with Crippen LogP contribution in [0, 0.1) is 12.3 Å². The average Bonchev–Trinajstić information content (AvgIpc) is 3.13. The molecule has 4 rings (SSSR count). The van der Waals surface area contributed by atoms with E-state index in [1.807, 2.05) is 11.8 Å². The summed E-state index contributed by atoms with van der Waals surface area (Å²) in [6, 6.07) is 5.28. The number of piperidine rings is 2. The highest BCUT2D eigenvalue weighted by atomic mass is 16.3. The molecular formula is C21H25N3O4. The predicted octanol–water partition coefficient (Wildman–Crippen LogP) is 2.11. The number of aryl methyl sites for hydroxylation is 1. The van der Waals surface area contributed by atoms with Crippen molar-refractivity contribution in [3.8, 4) is 0 Å². The number of rotatable bonds is 2. The smallest absolute Gasteiger partial charge is 0.289 e. The molecule has 7 heteroatoms. The van der Waals surface area contributed by atoms with Crippen LogP contribution in [-0.4, -0.2) is 64.0 Å². The highest BCUT2D eigenvalue weighted by Gasteiger charge is 2.44. The fourth-order valence-corrected chi connectivity index (χ4v) is 4.46. The van der Waals surface area contributed by atoms with Gasteiger partial charge in [0.1, 0.15) is 0 Å². The number of amides is 2. The molecule has 148 valence electrons. The van der Waals surface area contributed by atoms with E-state index in [1.165, 1.54) is 6.26 Å². The number of likely N-dealkylation sites (tertiary alicyclic amines) is 2. The molecule has 1 atom stereocenters.